The van der Waals surface area contributed by atoms with Crippen molar-refractivity contribution in [1.29, 1.82) is 0 Å². The Balaban J connectivity index is 1.80. The molecule has 1 unspecified atom stereocenters. The van der Waals surface area contributed by atoms with Crippen molar-refractivity contribution in [2.45, 2.75) is 51.5 Å². The predicted molar refractivity (Wildman–Crippen MR) is 84.2 cm³/mol. The maximum absolute atomic E-state index is 10.0. The Morgan fingerprint density at radius 2 is 2.14 bits per heavy atom. The lowest BCUT2D eigenvalue weighted by Gasteiger charge is -2.30. The molecule has 1 fully saturated rings. The summed E-state index contributed by atoms with van der Waals surface area (Å²) in [6.07, 6.45) is 9.10. The normalized spacial score (nSPS) is 24.8. The molecular formula is C16H21BN2O2. The number of anilines is 1. The van der Waals surface area contributed by atoms with Gasteiger partial charge in [-0.2, -0.15) is 0 Å². The predicted octanol–water partition coefficient (Wildman–Crippen LogP) is 2.81. The van der Waals surface area contributed by atoms with Crippen LogP contribution >= 0.6 is 0 Å². The first-order valence-corrected chi connectivity index (χ1v) is 8.07. The van der Waals surface area contributed by atoms with E-state index in [1.807, 2.05) is 5.98 Å². The first-order valence-electron chi connectivity index (χ1n) is 8.07. The third kappa shape index (κ3) is 2.24. The van der Waals surface area contributed by atoms with Gasteiger partial charge < -0.3 is 15.0 Å². The van der Waals surface area contributed by atoms with E-state index >= 15 is 0 Å². The maximum Gasteiger partial charge on any atom is 0.552 e. The van der Waals surface area contributed by atoms with Crippen molar-refractivity contribution >= 4 is 18.5 Å². The van der Waals surface area contributed by atoms with E-state index in [9.17, 15) is 5.02 Å². The lowest BCUT2D eigenvalue weighted by Crippen LogP contribution is -2.26. The van der Waals surface area contributed by atoms with Gasteiger partial charge >= 0.3 is 7.12 Å². The molecule has 0 saturated heterocycles. The van der Waals surface area contributed by atoms with Crippen molar-refractivity contribution in [3.8, 4) is 5.75 Å². The van der Waals surface area contributed by atoms with Gasteiger partial charge in [0.15, 0.2) is 0 Å². The van der Waals surface area contributed by atoms with E-state index in [-0.39, 0.29) is 0 Å². The molecule has 110 valence electrons. The van der Waals surface area contributed by atoms with Crippen molar-refractivity contribution in [3.05, 3.63) is 23.3 Å². The average molecular weight is 284 g/mol. The SMILES string of the molecule is CC1Cc2c(ncc3c2C(C2CCCCC2)=CB(O)O3)N1. The Morgan fingerprint density at radius 3 is 2.95 bits per heavy atom. The number of nitrogens with one attached hydrogen (secondary N) is 1. The van der Waals surface area contributed by atoms with E-state index in [0.717, 1.165) is 18.0 Å². The Kier molecular flexibility index (Phi) is 3.18. The third-order valence-electron chi connectivity index (χ3n) is 4.94. The van der Waals surface area contributed by atoms with Gasteiger partial charge in [-0.05, 0) is 43.7 Å². The third-order valence-corrected chi connectivity index (χ3v) is 4.94. The van der Waals surface area contributed by atoms with Crippen LogP contribution in [-0.4, -0.2) is 23.2 Å². The molecule has 0 amide bonds. The molecule has 1 aliphatic carbocycles. The zero-order valence-electron chi connectivity index (χ0n) is 12.4. The van der Waals surface area contributed by atoms with Crippen LogP contribution in [0.4, 0.5) is 5.82 Å². The standard InChI is InChI=1S/C16H21BN2O2/c1-10-7-12-15-13(11-5-3-2-4-6-11)8-17(20)21-14(15)9-18-16(12)19-10/h8-11,20H,2-7H2,1H3,(H,18,19). The van der Waals surface area contributed by atoms with E-state index in [1.54, 1.807) is 6.20 Å². The minimum atomic E-state index is -0.832. The second-order valence-corrected chi connectivity index (χ2v) is 6.54. The number of allylic oxidation sites excluding steroid dienone is 1. The fraction of sp³-hybridized carbons (Fsp3) is 0.562. The van der Waals surface area contributed by atoms with Crippen LogP contribution in [0.25, 0.3) is 5.57 Å². The van der Waals surface area contributed by atoms with Crippen LogP contribution in [0, 0.1) is 5.92 Å². The minimum absolute atomic E-state index is 0.415. The molecule has 2 aliphatic heterocycles. The molecule has 3 aliphatic rings. The van der Waals surface area contributed by atoms with Gasteiger partial charge in [-0.3, -0.25) is 0 Å². The summed E-state index contributed by atoms with van der Waals surface area (Å²) in [5.41, 5.74) is 3.76. The zero-order valence-corrected chi connectivity index (χ0v) is 12.4. The summed E-state index contributed by atoms with van der Waals surface area (Å²) < 4.78 is 5.60. The van der Waals surface area contributed by atoms with E-state index < -0.39 is 7.12 Å². The summed E-state index contributed by atoms with van der Waals surface area (Å²) in [6.45, 7) is 2.18. The highest BCUT2D eigenvalue weighted by Crippen LogP contribution is 2.45. The first kappa shape index (κ1) is 13.2. The summed E-state index contributed by atoms with van der Waals surface area (Å²) in [7, 11) is -0.832. The second-order valence-electron chi connectivity index (χ2n) is 6.54. The molecule has 21 heavy (non-hydrogen) atoms. The van der Waals surface area contributed by atoms with Gasteiger partial charge in [0.25, 0.3) is 0 Å². The Labute approximate surface area is 125 Å². The van der Waals surface area contributed by atoms with Gasteiger partial charge in [0.05, 0.1) is 6.20 Å². The van der Waals surface area contributed by atoms with Gasteiger partial charge in [-0.25, -0.2) is 4.98 Å². The molecule has 0 radical (unpaired) electrons. The lowest BCUT2D eigenvalue weighted by molar-refractivity contribution is 0.410. The molecule has 1 saturated carbocycles. The summed E-state index contributed by atoms with van der Waals surface area (Å²) in [4.78, 5) is 4.46. The molecular weight excluding hydrogens is 263 g/mol. The topological polar surface area (TPSA) is 54.4 Å². The van der Waals surface area contributed by atoms with Crippen molar-refractivity contribution in [3.63, 3.8) is 0 Å². The molecule has 2 N–H and O–H groups in total. The first-order chi connectivity index (χ1) is 10.2. The zero-order chi connectivity index (χ0) is 14.4. The molecule has 0 aromatic carbocycles. The van der Waals surface area contributed by atoms with Crippen LogP contribution in [0.15, 0.2) is 12.2 Å². The molecule has 1 atom stereocenters. The number of aromatic nitrogens is 1. The van der Waals surface area contributed by atoms with Crippen LogP contribution in [0.3, 0.4) is 0 Å². The molecule has 4 nitrogen and oxygen atoms in total. The number of pyridine rings is 1. The van der Waals surface area contributed by atoms with Gasteiger partial charge in [-0.1, -0.05) is 19.3 Å². The smallest absolute Gasteiger partial charge is 0.531 e. The van der Waals surface area contributed by atoms with E-state index in [1.165, 1.54) is 48.8 Å². The van der Waals surface area contributed by atoms with Crippen LogP contribution < -0.4 is 9.97 Å². The highest BCUT2D eigenvalue weighted by atomic mass is 16.5. The monoisotopic (exact) mass is 284 g/mol. The van der Waals surface area contributed by atoms with Gasteiger partial charge in [0, 0.05) is 17.2 Å². The molecule has 0 bridgehead atoms. The Morgan fingerprint density at radius 1 is 1.33 bits per heavy atom. The van der Waals surface area contributed by atoms with Crippen LogP contribution in [-0.2, 0) is 6.42 Å². The molecule has 3 heterocycles. The summed E-state index contributed by atoms with van der Waals surface area (Å²) in [6, 6.07) is 0.415. The van der Waals surface area contributed by atoms with E-state index in [4.69, 9.17) is 4.65 Å². The lowest BCUT2D eigenvalue weighted by atomic mass is 9.72. The number of nitrogens with zero attached hydrogens (tertiary/aromatic N) is 1. The second kappa shape index (κ2) is 5.06. The Bertz CT molecular complexity index is 596. The summed E-state index contributed by atoms with van der Waals surface area (Å²) in [5.74, 6) is 4.21. The molecule has 4 rings (SSSR count). The fourth-order valence-electron chi connectivity index (χ4n) is 4.01. The molecule has 5 heteroatoms. The number of hydrogen-bond donors (Lipinski definition) is 2. The van der Waals surface area contributed by atoms with E-state index in [0.29, 0.717) is 12.0 Å². The number of hydrogen-bond acceptors (Lipinski definition) is 4. The average Bonchev–Trinajstić information content (AvgIpc) is 2.87. The van der Waals surface area contributed by atoms with Crippen LogP contribution in [0.1, 0.15) is 50.2 Å². The quantitative estimate of drug-likeness (QED) is 0.779. The highest BCUT2D eigenvalue weighted by Gasteiger charge is 2.34. The summed E-state index contributed by atoms with van der Waals surface area (Å²) >= 11 is 0. The van der Waals surface area contributed by atoms with Crippen molar-refractivity contribution in [2.75, 3.05) is 5.32 Å². The van der Waals surface area contributed by atoms with E-state index in [2.05, 4.69) is 17.2 Å². The van der Waals surface area contributed by atoms with Gasteiger partial charge in [0.2, 0.25) is 0 Å². The Hall–Kier alpha value is -1.49. The molecule has 1 aromatic heterocycles. The summed E-state index contributed by atoms with van der Waals surface area (Å²) in [5, 5.41) is 13.4. The van der Waals surface area contributed by atoms with Gasteiger partial charge in [-0.15, -0.1) is 0 Å². The number of fused-ring (bicyclic) bond motifs is 3. The van der Waals surface area contributed by atoms with Crippen LogP contribution in [0.5, 0.6) is 5.75 Å². The minimum Gasteiger partial charge on any atom is -0.531 e. The number of rotatable bonds is 1. The van der Waals surface area contributed by atoms with Crippen molar-refractivity contribution in [2.24, 2.45) is 5.92 Å². The molecule has 0 spiro atoms. The largest absolute Gasteiger partial charge is 0.552 e. The molecule has 1 aromatic rings. The maximum atomic E-state index is 10.0. The highest BCUT2D eigenvalue weighted by molar-refractivity contribution is 6.52. The van der Waals surface area contributed by atoms with Crippen molar-refractivity contribution in [1.82, 2.24) is 4.98 Å². The van der Waals surface area contributed by atoms with Gasteiger partial charge in [0.1, 0.15) is 11.6 Å². The van der Waals surface area contributed by atoms with Crippen LogP contribution in [0.2, 0.25) is 0 Å². The van der Waals surface area contributed by atoms with Crippen molar-refractivity contribution < 1.29 is 9.68 Å². The fourth-order valence-corrected chi connectivity index (χ4v) is 4.01.